The Kier molecular flexibility index (Phi) is 6.70. The highest BCUT2D eigenvalue weighted by Gasteiger charge is 2.31. The summed E-state index contributed by atoms with van der Waals surface area (Å²) in [5.41, 5.74) is -0.0483. The molecule has 0 aliphatic carbocycles. The summed E-state index contributed by atoms with van der Waals surface area (Å²) < 4.78 is 38.5. The maximum Gasteiger partial charge on any atom is 0.416 e. The first kappa shape index (κ1) is 19.6. The van der Waals surface area contributed by atoms with Gasteiger partial charge < -0.3 is 10.2 Å². The van der Waals surface area contributed by atoms with Crippen molar-refractivity contribution in [1.82, 2.24) is 10.2 Å². The lowest BCUT2D eigenvalue weighted by Gasteiger charge is -2.36. The van der Waals surface area contributed by atoms with Gasteiger partial charge in [-0.1, -0.05) is 19.9 Å². The lowest BCUT2D eigenvalue weighted by Crippen LogP contribution is -2.49. The zero-order chi connectivity index (χ0) is 18.4. The van der Waals surface area contributed by atoms with E-state index in [0.29, 0.717) is 50.9 Å². The van der Waals surface area contributed by atoms with Crippen molar-refractivity contribution in [1.29, 1.82) is 0 Å². The fraction of sp³-hybridized carbons (Fsp3) is 0.611. The zero-order valence-corrected chi connectivity index (χ0v) is 14.8. The zero-order valence-electron chi connectivity index (χ0n) is 14.8. The van der Waals surface area contributed by atoms with Crippen LogP contribution in [0.15, 0.2) is 24.3 Å². The molecule has 1 saturated heterocycles. The summed E-state index contributed by atoms with van der Waals surface area (Å²) in [6, 6.07) is 5.41. The van der Waals surface area contributed by atoms with Crippen LogP contribution in [0.25, 0.3) is 0 Å². The molecule has 4 nitrogen and oxygen atoms in total. The van der Waals surface area contributed by atoms with Crippen molar-refractivity contribution in [2.24, 2.45) is 5.92 Å². The third-order valence-electron chi connectivity index (χ3n) is 4.32. The second-order valence-corrected chi connectivity index (χ2v) is 6.84. The van der Waals surface area contributed by atoms with Gasteiger partial charge in [0, 0.05) is 38.4 Å². The Balaban J connectivity index is 1.81. The standard InChI is InChI=1S/C18H26F3N3O/c1-14(2)6-7-22-17(25)13-23-8-10-24(11-9-23)16-5-3-4-15(12-16)18(19,20)21/h3-5,12,14H,6-11,13H2,1-2H3,(H,22,25). The number of carbonyl (C=O) groups is 1. The Morgan fingerprint density at radius 1 is 1.20 bits per heavy atom. The summed E-state index contributed by atoms with van der Waals surface area (Å²) in [6.45, 7) is 7.79. The lowest BCUT2D eigenvalue weighted by atomic mass is 10.1. The van der Waals surface area contributed by atoms with Crippen molar-refractivity contribution >= 4 is 11.6 Å². The van der Waals surface area contributed by atoms with Crippen molar-refractivity contribution in [2.75, 3.05) is 44.2 Å². The van der Waals surface area contributed by atoms with Gasteiger partial charge in [-0.25, -0.2) is 0 Å². The van der Waals surface area contributed by atoms with Crippen LogP contribution >= 0.6 is 0 Å². The SMILES string of the molecule is CC(C)CCNC(=O)CN1CCN(c2cccc(C(F)(F)F)c2)CC1. The highest BCUT2D eigenvalue weighted by Crippen LogP contribution is 2.31. The number of anilines is 1. The molecule has 1 amide bonds. The molecular weight excluding hydrogens is 331 g/mol. The Morgan fingerprint density at radius 2 is 1.88 bits per heavy atom. The molecule has 1 aliphatic heterocycles. The first-order chi connectivity index (χ1) is 11.8. The van der Waals surface area contributed by atoms with Crippen LogP contribution in [-0.2, 0) is 11.0 Å². The van der Waals surface area contributed by atoms with Gasteiger partial charge in [0.15, 0.2) is 0 Å². The summed E-state index contributed by atoms with van der Waals surface area (Å²) in [6.07, 6.45) is -3.37. The number of amides is 1. The van der Waals surface area contributed by atoms with Crippen LogP contribution in [0.3, 0.4) is 0 Å². The van der Waals surface area contributed by atoms with E-state index in [4.69, 9.17) is 0 Å². The average molecular weight is 357 g/mol. The highest BCUT2D eigenvalue weighted by atomic mass is 19.4. The smallest absolute Gasteiger partial charge is 0.369 e. The molecule has 1 fully saturated rings. The van der Waals surface area contributed by atoms with Gasteiger partial charge in [-0.3, -0.25) is 9.69 Å². The Hall–Kier alpha value is -1.76. The topological polar surface area (TPSA) is 35.6 Å². The molecule has 0 unspecified atom stereocenters. The van der Waals surface area contributed by atoms with Crippen molar-refractivity contribution < 1.29 is 18.0 Å². The Bertz CT molecular complexity index is 567. The van der Waals surface area contributed by atoms with Crippen LogP contribution in [0.2, 0.25) is 0 Å². The lowest BCUT2D eigenvalue weighted by molar-refractivity contribution is -0.137. The van der Waals surface area contributed by atoms with E-state index in [1.54, 1.807) is 6.07 Å². The van der Waals surface area contributed by atoms with Crippen LogP contribution in [0, 0.1) is 5.92 Å². The number of carbonyl (C=O) groups excluding carboxylic acids is 1. The fourth-order valence-electron chi connectivity index (χ4n) is 2.80. The molecule has 1 N–H and O–H groups in total. The van der Waals surface area contributed by atoms with Crippen molar-refractivity contribution in [3.63, 3.8) is 0 Å². The minimum atomic E-state index is -4.33. The summed E-state index contributed by atoms with van der Waals surface area (Å²) in [7, 11) is 0. The molecule has 1 aliphatic rings. The molecule has 1 aromatic carbocycles. The summed E-state index contributed by atoms with van der Waals surface area (Å²) in [4.78, 5) is 15.9. The first-order valence-corrected chi connectivity index (χ1v) is 8.67. The Morgan fingerprint density at radius 3 is 2.48 bits per heavy atom. The van der Waals surface area contributed by atoms with E-state index in [1.807, 2.05) is 9.80 Å². The van der Waals surface area contributed by atoms with E-state index in [9.17, 15) is 18.0 Å². The second-order valence-electron chi connectivity index (χ2n) is 6.84. The molecule has 140 valence electrons. The molecule has 2 rings (SSSR count). The Labute approximate surface area is 147 Å². The molecular formula is C18H26F3N3O. The molecule has 0 saturated carbocycles. The van der Waals surface area contributed by atoms with Crippen molar-refractivity contribution in [2.45, 2.75) is 26.4 Å². The molecule has 25 heavy (non-hydrogen) atoms. The van der Waals surface area contributed by atoms with E-state index >= 15 is 0 Å². The maximum atomic E-state index is 12.8. The number of hydrogen-bond donors (Lipinski definition) is 1. The number of benzene rings is 1. The second kappa shape index (κ2) is 8.56. The molecule has 1 heterocycles. The molecule has 7 heteroatoms. The number of nitrogens with one attached hydrogen (secondary N) is 1. The number of nitrogens with zero attached hydrogens (tertiary/aromatic N) is 2. The monoisotopic (exact) mass is 357 g/mol. The molecule has 1 aromatic rings. The van der Waals surface area contributed by atoms with E-state index < -0.39 is 11.7 Å². The van der Waals surface area contributed by atoms with E-state index in [-0.39, 0.29) is 5.91 Å². The summed E-state index contributed by atoms with van der Waals surface area (Å²) in [5.74, 6) is 0.560. The van der Waals surface area contributed by atoms with Gasteiger partial charge in [-0.05, 0) is 30.5 Å². The molecule has 0 bridgehead atoms. The van der Waals surface area contributed by atoms with Gasteiger partial charge in [0.1, 0.15) is 0 Å². The summed E-state index contributed by atoms with van der Waals surface area (Å²) in [5, 5.41) is 2.91. The van der Waals surface area contributed by atoms with Crippen LogP contribution in [0.4, 0.5) is 18.9 Å². The van der Waals surface area contributed by atoms with Crippen molar-refractivity contribution in [3.05, 3.63) is 29.8 Å². The van der Waals surface area contributed by atoms with Crippen LogP contribution in [0.5, 0.6) is 0 Å². The largest absolute Gasteiger partial charge is 0.416 e. The van der Waals surface area contributed by atoms with Gasteiger partial charge in [-0.2, -0.15) is 13.2 Å². The molecule has 0 radical (unpaired) electrons. The highest BCUT2D eigenvalue weighted by molar-refractivity contribution is 5.78. The number of piperazine rings is 1. The van der Waals surface area contributed by atoms with E-state index in [2.05, 4.69) is 19.2 Å². The van der Waals surface area contributed by atoms with E-state index in [0.717, 1.165) is 12.5 Å². The van der Waals surface area contributed by atoms with Crippen molar-refractivity contribution in [3.8, 4) is 0 Å². The predicted molar refractivity (Wildman–Crippen MR) is 92.6 cm³/mol. The quantitative estimate of drug-likeness (QED) is 0.850. The number of alkyl halides is 3. The van der Waals surface area contributed by atoms with Gasteiger partial charge in [0.05, 0.1) is 12.1 Å². The minimum absolute atomic E-state index is 0.00756. The summed E-state index contributed by atoms with van der Waals surface area (Å²) >= 11 is 0. The number of halogens is 3. The number of rotatable bonds is 6. The van der Waals surface area contributed by atoms with Gasteiger partial charge in [-0.15, -0.1) is 0 Å². The average Bonchev–Trinajstić information content (AvgIpc) is 2.54. The van der Waals surface area contributed by atoms with Crippen LogP contribution < -0.4 is 10.2 Å². The van der Waals surface area contributed by atoms with Crippen LogP contribution in [0.1, 0.15) is 25.8 Å². The molecule has 0 aromatic heterocycles. The third kappa shape index (κ3) is 6.23. The van der Waals surface area contributed by atoms with Gasteiger partial charge in [0.2, 0.25) is 5.91 Å². The minimum Gasteiger partial charge on any atom is -0.369 e. The predicted octanol–water partition coefficient (Wildman–Crippen LogP) is 2.99. The van der Waals surface area contributed by atoms with Crippen LogP contribution in [-0.4, -0.2) is 50.1 Å². The maximum absolute atomic E-state index is 12.8. The molecule has 0 spiro atoms. The fourth-order valence-corrected chi connectivity index (χ4v) is 2.80. The van der Waals surface area contributed by atoms with Gasteiger partial charge in [0.25, 0.3) is 0 Å². The first-order valence-electron chi connectivity index (χ1n) is 8.67. The number of hydrogen-bond acceptors (Lipinski definition) is 3. The normalized spacial score (nSPS) is 16.3. The molecule has 0 atom stereocenters. The van der Waals surface area contributed by atoms with E-state index in [1.165, 1.54) is 12.1 Å². The third-order valence-corrected chi connectivity index (χ3v) is 4.32. The van der Waals surface area contributed by atoms with Gasteiger partial charge >= 0.3 is 6.18 Å².